The summed E-state index contributed by atoms with van der Waals surface area (Å²) in [4.78, 5) is 10.9. The van der Waals surface area contributed by atoms with E-state index in [-0.39, 0.29) is 12.2 Å². The number of esters is 1. The summed E-state index contributed by atoms with van der Waals surface area (Å²) in [5, 5.41) is 9.35. The number of methoxy groups -OCH3 is 1. The van der Waals surface area contributed by atoms with Crippen molar-refractivity contribution in [3.05, 3.63) is 35.1 Å². The van der Waals surface area contributed by atoms with Crippen LogP contribution in [0.1, 0.15) is 11.1 Å². The van der Waals surface area contributed by atoms with Crippen molar-refractivity contribution in [1.29, 1.82) is 0 Å². The lowest BCUT2D eigenvalue weighted by molar-refractivity contribution is -0.150. The van der Waals surface area contributed by atoms with Gasteiger partial charge in [0.15, 0.2) is 6.10 Å². The van der Waals surface area contributed by atoms with Gasteiger partial charge in [0, 0.05) is 6.42 Å². The Labute approximate surface area is 87.5 Å². The predicted molar refractivity (Wildman–Crippen MR) is 52.9 cm³/mol. The number of hydrogen-bond donors (Lipinski definition) is 1. The molecule has 0 radical (unpaired) electrons. The van der Waals surface area contributed by atoms with Gasteiger partial charge >= 0.3 is 5.97 Å². The predicted octanol–water partition coefficient (Wildman–Crippen LogP) is 1.21. The van der Waals surface area contributed by atoms with Crippen molar-refractivity contribution in [3.63, 3.8) is 0 Å². The maximum absolute atomic E-state index is 13.5. The van der Waals surface area contributed by atoms with Crippen molar-refractivity contribution in [2.24, 2.45) is 0 Å². The van der Waals surface area contributed by atoms with E-state index in [1.165, 1.54) is 13.2 Å². The molecule has 3 nitrogen and oxygen atoms in total. The minimum atomic E-state index is -1.31. The fraction of sp³-hybridized carbons (Fsp3) is 0.364. The molecule has 0 bridgehead atoms. The zero-order valence-electron chi connectivity index (χ0n) is 8.66. The summed E-state index contributed by atoms with van der Waals surface area (Å²) in [5.74, 6) is -1.14. The molecule has 1 unspecified atom stereocenters. The fourth-order valence-electron chi connectivity index (χ4n) is 1.29. The van der Waals surface area contributed by atoms with Gasteiger partial charge in [-0.05, 0) is 18.1 Å². The maximum atomic E-state index is 13.5. The Kier molecular flexibility index (Phi) is 3.80. The fourth-order valence-corrected chi connectivity index (χ4v) is 1.29. The number of rotatable bonds is 3. The molecule has 0 aliphatic rings. The van der Waals surface area contributed by atoms with E-state index in [1.54, 1.807) is 19.1 Å². The van der Waals surface area contributed by atoms with Crippen molar-refractivity contribution in [1.82, 2.24) is 0 Å². The first-order chi connectivity index (χ1) is 7.06. The topological polar surface area (TPSA) is 46.5 Å². The van der Waals surface area contributed by atoms with Crippen LogP contribution in [-0.4, -0.2) is 24.3 Å². The molecular weight excluding hydrogens is 199 g/mol. The molecule has 0 saturated carbocycles. The molecule has 0 fully saturated rings. The van der Waals surface area contributed by atoms with Crippen LogP contribution in [0.3, 0.4) is 0 Å². The summed E-state index contributed by atoms with van der Waals surface area (Å²) in [7, 11) is 1.18. The normalized spacial score (nSPS) is 12.3. The molecule has 82 valence electrons. The molecule has 15 heavy (non-hydrogen) atoms. The number of carbonyl (C=O) groups excluding carboxylic acids is 1. The van der Waals surface area contributed by atoms with Crippen LogP contribution in [0.4, 0.5) is 4.39 Å². The van der Waals surface area contributed by atoms with Crippen molar-refractivity contribution < 1.29 is 19.0 Å². The van der Waals surface area contributed by atoms with E-state index >= 15 is 0 Å². The van der Waals surface area contributed by atoms with Gasteiger partial charge in [-0.1, -0.05) is 18.2 Å². The van der Waals surface area contributed by atoms with Crippen molar-refractivity contribution in [3.8, 4) is 0 Å². The Morgan fingerprint density at radius 2 is 2.27 bits per heavy atom. The molecule has 0 aliphatic carbocycles. The van der Waals surface area contributed by atoms with Gasteiger partial charge in [-0.25, -0.2) is 9.18 Å². The highest BCUT2D eigenvalue weighted by atomic mass is 19.1. The van der Waals surface area contributed by atoms with Gasteiger partial charge in [0.1, 0.15) is 5.82 Å². The Bertz CT molecular complexity index is 363. The third-order valence-electron chi connectivity index (χ3n) is 2.16. The third-order valence-corrected chi connectivity index (χ3v) is 2.16. The number of benzene rings is 1. The Morgan fingerprint density at radius 1 is 1.60 bits per heavy atom. The quantitative estimate of drug-likeness (QED) is 0.766. The maximum Gasteiger partial charge on any atom is 0.335 e. The summed E-state index contributed by atoms with van der Waals surface area (Å²) in [6, 6.07) is 4.84. The van der Waals surface area contributed by atoms with E-state index in [0.717, 1.165) is 0 Å². The van der Waals surface area contributed by atoms with E-state index < -0.39 is 12.1 Å². The SMILES string of the molecule is COC(=O)C(O)Cc1cccc(C)c1F. The lowest BCUT2D eigenvalue weighted by Crippen LogP contribution is -2.24. The number of halogens is 1. The van der Waals surface area contributed by atoms with Crippen molar-refractivity contribution >= 4 is 5.97 Å². The van der Waals surface area contributed by atoms with Gasteiger partial charge < -0.3 is 9.84 Å². The minimum absolute atomic E-state index is 0.0693. The zero-order chi connectivity index (χ0) is 11.4. The monoisotopic (exact) mass is 212 g/mol. The first-order valence-corrected chi connectivity index (χ1v) is 4.56. The molecule has 1 rings (SSSR count). The molecule has 0 aromatic heterocycles. The van der Waals surface area contributed by atoms with E-state index in [4.69, 9.17) is 0 Å². The average molecular weight is 212 g/mol. The van der Waals surface area contributed by atoms with Gasteiger partial charge in [0.05, 0.1) is 7.11 Å². The number of carbonyl (C=O) groups is 1. The summed E-state index contributed by atoms with van der Waals surface area (Å²) in [6.45, 7) is 1.63. The number of aliphatic hydroxyl groups excluding tert-OH is 1. The second kappa shape index (κ2) is 4.89. The van der Waals surface area contributed by atoms with Crippen molar-refractivity contribution in [2.45, 2.75) is 19.4 Å². The van der Waals surface area contributed by atoms with Crippen LogP contribution in [0.25, 0.3) is 0 Å². The molecule has 4 heteroatoms. The van der Waals surface area contributed by atoms with Crippen LogP contribution in [0, 0.1) is 12.7 Å². The second-order valence-electron chi connectivity index (χ2n) is 3.29. The highest BCUT2D eigenvalue weighted by Crippen LogP contribution is 2.14. The minimum Gasteiger partial charge on any atom is -0.467 e. The molecule has 0 aliphatic heterocycles. The second-order valence-corrected chi connectivity index (χ2v) is 3.29. The van der Waals surface area contributed by atoms with E-state index in [9.17, 15) is 14.3 Å². The van der Waals surface area contributed by atoms with Gasteiger partial charge in [-0.3, -0.25) is 0 Å². The largest absolute Gasteiger partial charge is 0.467 e. The lowest BCUT2D eigenvalue weighted by atomic mass is 10.0. The Morgan fingerprint density at radius 3 is 2.87 bits per heavy atom. The number of aryl methyl sites for hydroxylation is 1. The van der Waals surface area contributed by atoms with Crippen LogP contribution >= 0.6 is 0 Å². The summed E-state index contributed by atoms with van der Waals surface area (Å²) in [5.41, 5.74) is 0.803. The van der Waals surface area contributed by atoms with E-state index in [0.29, 0.717) is 11.1 Å². The molecule has 0 saturated heterocycles. The summed E-state index contributed by atoms with van der Waals surface area (Å²) in [6.07, 6.45) is -1.38. The van der Waals surface area contributed by atoms with Gasteiger partial charge in [-0.15, -0.1) is 0 Å². The molecule has 1 aromatic rings. The molecule has 0 spiro atoms. The highest BCUT2D eigenvalue weighted by molar-refractivity contribution is 5.74. The summed E-state index contributed by atoms with van der Waals surface area (Å²) >= 11 is 0. The standard InChI is InChI=1S/C11H13FO3/c1-7-4-3-5-8(10(7)12)6-9(13)11(14)15-2/h3-5,9,13H,6H2,1-2H3. The molecule has 0 heterocycles. The van der Waals surface area contributed by atoms with Crippen LogP contribution in [-0.2, 0) is 16.0 Å². The van der Waals surface area contributed by atoms with Crippen LogP contribution < -0.4 is 0 Å². The Hall–Kier alpha value is -1.42. The molecule has 1 N–H and O–H groups in total. The van der Waals surface area contributed by atoms with Crippen LogP contribution in [0.2, 0.25) is 0 Å². The molecule has 1 aromatic carbocycles. The highest BCUT2D eigenvalue weighted by Gasteiger charge is 2.18. The molecular formula is C11H13FO3. The number of hydrogen-bond acceptors (Lipinski definition) is 3. The number of ether oxygens (including phenoxy) is 1. The lowest BCUT2D eigenvalue weighted by Gasteiger charge is -2.09. The smallest absolute Gasteiger partial charge is 0.335 e. The first kappa shape index (κ1) is 11.7. The zero-order valence-corrected chi connectivity index (χ0v) is 8.66. The van der Waals surface area contributed by atoms with Gasteiger partial charge in [-0.2, -0.15) is 0 Å². The first-order valence-electron chi connectivity index (χ1n) is 4.56. The Balaban J connectivity index is 2.81. The number of aliphatic hydroxyl groups is 1. The van der Waals surface area contributed by atoms with Crippen LogP contribution in [0.5, 0.6) is 0 Å². The van der Waals surface area contributed by atoms with E-state index in [1.807, 2.05) is 0 Å². The van der Waals surface area contributed by atoms with E-state index in [2.05, 4.69) is 4.74 Å². The average Bonchev–Trinajstić information content (AvgIpc) is 2.23. The molecule has 0 amide bonds. The van der Waals surface area contributed by atoms with Crippen molar-refractivity contribution in [2.75, 3.05) is 7.11 Å². The third kappa shape index (κ3) is 2.76. The summed E-state index contributed by atoms with van der Waals surface area (Å²) < 4.78 is 17.8. The van der Waals surface area contributed by atoms with Gasteiger partial charge in [0.2, 0.25) is 0 Å². The van der Waals surface area contributed by atoms with Crippen LogP contribution in [0.15, 0.2) is 18.2 Å². The van der Waals surface area contributed by atoms with Gasteiger partial charge in [0.25, 0.3) is 0 Å². The molecule has 1 atom stereocenters.